The molecule has 0 saturated heterocycles. The summed E-state index contributed by atoms with van der Waals surface area (Å²) in [6.07, 6.45) is 2.85. The molecule has 26 heavy (non-hydrogen) atoms. The molecule has 0 atom stereocenters. The molecule has 0 radical (unpaired) electrons. The summed E-state index contributed by atoms with van der Waals surface area (Å²) in [5.74, 6) is 0.766. The van der Waals surface area contributed by atoms with Crippen LogP contribution in [-0.4, -0.2) is 6.21 Å². The molecule has 0 aliphatic rings. The van der Waals surface area contributed by atoms with Gasteiger partial charge in [0, 0.05) is 26.8 Å². The third-order valence-corrected chi connectivity index (χ3v) is 4.87. The lowest BCUT2D eigenvalue weighted by atomic mass is 10.1. The van der Waals surface area contributed by atoms with Gasteiger partial charge < -0.3 is 4.74 Å². The predicted octanol–water partition coefficient (Wildman–Crippen LogP) is 6.99. The van der Waals surface area contributed by atoms with Gasteiger partial charge in [0.25, 0.3) is 0 Å². The first kappa shape index (κ1) is 18.7. The van der Waals surface area contributed by atoms with Gasteiger partial charge in [0.05, 0.1) is 5.69 Å². The molecule has 0 unspecified atom stereocenters. The Kier molecular flexibility index (Phi) is 6.48. The lowest BCUT2D eigenvalue weighted by molar-refractivity contribution is 0.306. The summed E-state index contributed by atoms with van der Waals surface area (Å²) >= 11 is 9.72. The first-order chi connectivity index (χ1) is 12.7. The summed E-state index contributed by atoms with van der Waals surface area (Å²) in [5, 5.41) is 0.704. The molecule has 0 saturated carbocycles. The normalized spacial score (nSPS) is 11.0. The van der Waals surface area contributed by atoms with Gasteiger partial charge in [0.15, 0.2) is 0 Å². The highest BCUT2D eigenvalue weighted by Crippen LogP contribution is 2.25. The first-order valence-electron chi connectivity index (χ1n) is 8.44. The molecule has 132 valence electrons. The minimum Gasteiger partial charge on any atom is -0.488 e. The number of ether oxygens (including phenoxy) is 1. The third kappa shape index (κ3) is 4.96. The molecule has 0 N–H and O–H groups in total. The summed E-state index contributed by atoms with van der Waals surface area (Å²) < 4.78 is 6.96. The monoisotopic (exact) mass is 427 g/mol. The zero-order valence-electron chi connectivity index (χ0n) is 14.5. The van der Waals surface area contributed by atoms with E-state index in [0.29, 0.717) is 11.6 Å². The van der Waals surface area contributed by atoms with Gasteiger partial charge in [-0.15, -0.1) is 0 Å². The number of aliphatic imine (C=N–C) groups is 1. The smallest absolute Gasteiger partial charge is 0.128 e. The van der Waals surface area contributed by atoms with E-state index < -0.39 is 0 Å². The maximum Gasteiger partial charge on any atom is 0.128 e. The SMILES string of the molecule is CCc1ccc(N=Cc2cc(Br)ccc2OCc2ccccc2Cl)cc1. The lowest BCUT2D eigenvalue weighted by Crippen LogP contribution is -1.99. The van der Waals surface area contributed by atoms with Crippen LogP contribution in [0.25, 0.3) is 0 Å². The van der Waals surface area contributed by atoms with E-state index in [1.165, 1.54) is 5.56 Å². The van der Waals surface area contributed by atoms with Crippen LogP contribution in [0.1, 0.15) is 23.6 Å². The van der Waals surface area contributed by atoms with Crippen molar-refractivity contribution in [1.29, 1.82) is 0 Å². The van der Waals surface area contributed by atoms with Crippen LogP contribution < -0.4 is 4.74 Å². The maximum atomic E-state index is 6.21. The Hall–Kier alpha value is -2.10. The molecule has 0 heterocycles. The number of nitrogens with zero attached hydrogens (tertiary/aromatic N) is 1. The molecule has 0 aliphatic heterocycles. The van der Waals surface area contributed by atoms with Gasteiger partial charge in [-0.3, -0.25) is 4.99 Å². The molecule has 3 aromatic carbocycles. The number of aryl methyl sites for hydroxylation is 1. The Morgan fingerprint density at radius 3 is 2.54 bits per heavy atom. The Labute approximate surface area is 167 Å². The van der Waals surface area contributed by atoms with Gasteiger partial charge in [-0.05, 0) is 48.4 Å². The summed E-state index contributed by atoms with van der Waals surface area (Å²) in [5.41, 5.74) is 4.08. The Balaban J connectivity index is 1.79. The fraction of sp³-hybridized carbons (Fsp3) is 0.136. The van der Waals surface area contributed by atoms with Crippen LogP contribution in [0, 0.1) is 0 Å². The number of halogens is 2. The number of benzene rings is 3. The average molecular weight is 429 g/mol. The highest BCUT2D eigenvalue weighted by molar-refractivity contribution is 9.10. The van der Waals surface area contributed by atoms with Crippen LogP contribution >= 0.6 is 27.5 Å². The molecule has 0 spiro atoms. The Morgan fingerprint density at radius 1 is 1.04 bits per heavy atom. The third-order valence-electron chi connectivity index (χ3n) is 4.01. The zero-order valence-corrected chi connectivity index (χ0v) is 16.8. The van der Waals surface area contributed by atoms with Crippen LogP contribution in [0.15, 0.2) is 76.2 Å². The maximum absolute atomic E-state index is 6.21. The van der Waals surface area contributed by atoms with Gasteiger partial charge in [0.1, 0.15) is 12.4 Å². The lowest BCUT2D eigenvalue weighted by Gasteiger charge is -2.10. The average Bonchev–Trinajstić information content (AvgIpc) is 2.67. The van der Waals surface area contributed by atoms with Gasteiger partial charge in [-0.25, -0.2) is 0 Å². The highest BCUT2D eigenvalue weighted by atomic mass is 79.9. The fourth-order valence-electron chi connectivity index (χ4n) is 2.48. The second-order valence-electron chi connectivity index (χ2n) is 5.84. The van der Waals surface area contributed by atoms with Crippen LogP contribution in [0.2, 0.25) is 5.02 Å². The molecule has 4 heteroatoms. The molecule has 3 aromatic rings. The largest absolute Gasteiger partial charge is 0.488 e. The van der Waals surface area contributed by atoms with Gasteiger partial charge in [-0.2, -0.15) is 0 Å². The second kappa shape index (κ2) is 9.02. The molecule has 0 aromatic heterocycles. The van der Waals surface area contributed by atoms with E-state index in [1.54, 1.807) is 0 Å². The van der Waals surface area contributed by atoms with E-state index in [0.717, 1.165) is 33.5 Å². The van der Waals surface area contributed by atoms with E-state index >= 15 is 0 Å². The molecule has 3 rings (SSSR count). The summed E-state index contributed by atoms with van der Waals surface area (Å²) in [4.78, 5) is 4.57. The van der Waals surface area contributed by atoms with E-state index in [9.17, 15) is 0 Å². The van der Waals surface area contributed by atoms with E-state index in [2.05, 4.69) is 40.0 Å². The van der Waals surface area contributed by atoms with Gasteiger partial charge in [0.2, 0.25) is 0 Å². The van der Waals surface area contributed by atoms with Crippen molar-refractivity contribution >= 4 is 39.4 Å². The molecule has 0 amide bonds. The summed E-state index contributed by atoms with van der Waals surface area (Å²) in [6.45, 7) is 2.55. The van der Waals surface area contributed by atoms with E-state index in [4.69, 9.17) is 16.3 Å². The standard InChI is InChI=1S/C22H19BrClNO/c1-2-16-7-10-20(11-8-16)25-14-18-13-19(23)9-12-22(18)26-15-17-5-3-4-6-21(17)24/h3-14H,2,15H2,1H3. The van der Waals surface area contributed by atoms with Gasteiger partial charge >= 0.3 is 0 Å². The number of hydrogen-bond donors (Lipinski definition) is 0. The number of rotatable bonds is 6. The first-order valence-corrected chi connectivity index (χ1v) is 9.61. The Bertz CT molecular complexity index is 906. The second-order valence-corrected chi connectivity index (χ2v) is 7.16. The predicted molar refractivity (Wildman–Crippen MR) is 113 cm³/mol. The van der Waals surface area contributed by atoms with E-state index in [-0.39, 0.29) is 0 Å². The minimum absolute atomic E-state index is 0.410. The van der Waals surface area contributed by atoms with Crippen molar-refractivity contribution in [3.63, 3.8) is 0 Å². The summed E-state index contributed by atoms with van der Waals surface area (Å²) in [6, 6.07) is 21.8. The van der Waals surface area contributed by atoms with Gasteiger partial charge in [-0.1, -0.05) is 64.8 Å². The van der Waals surface area contributed by atoms with Crippen LogP contribution in [0.5, 0.6) is 5.75 Å². The molecular weight excluding hydrogens is 410 g/mol. The highest BCUT2D eigenvalue weighted by Gasteiger charge is 2.05. The molecule has 0 aliphatic carbocycles. The van der Waals surface area contributed by atoms with Crippen molar-refractivity contribution in [1.82, 2.24) is 0 Å². The number of hydrogen-bond acceptors (Lipinski definition) is 2. The van der Waals surface area contributed by atoms with Crippen LogP contribution in [0.3, 0.4) is 0 Å². The molecular formula is C22H19BrClNO. The molecule has 0 bridgehead atoms. The van der Waals surface area contributed by atoms with Crippen molar-refractivity contribution in [3.8, 4) is 5.75 Å². The minimum atomic E-state index is 0.410. The van der Waals surface area contributed by atoms with Crippen molar-refractivity contribution in [2.24, 2.45) is 4.99 Å². The summed E-state index contributed by atoms with van der Waals surface area (Å²) in [7, 11) is 0. The van der Waals surface area contributed by atoms with E-state index in [1.807, 2.05) is 60.8 Å². The van der Waals surface area contributed by atoms with Crippen molar-refractivity contribution in [2.45, 2.75) is 20.0 Å². The molecule has 2 nitrogen and oxygen atoms in total. The van der Waals surface area contributed by atoms with Crippen molar-refractivity contribution in [3.05, 3.63) is 92.9 Å². The van der Waals surface area contributed by atoms with Crippen molar-refractivity contribution < 1.29 is 4.74 Å². The fourth-order valence-corrected chi connectivity index (χ4v) is 3.05. The molecule has 0 fully saturated rings. The van der Waals surface area contributed by atoms with Crippen LogP contribution in [-0.2, 0) is 13.0 Å². The van der Waals surface area contributed by atoms with Crippen LogP contribution in [0.4, 0.5) is 5.69 Å². The Morgan fingerprint density at radius 2 is 1.81 bits per heavy atom. The quantitative estimate of drug-likeness (QED) is 0.387. The topological polar surface area (TPSA) is 21.6 Å². The van der Waals surface area contributed by atoms with Crippen molar-refractivity contribution in [2.75, 3.05) is 0 Å². The zero-order chi connectivity index (χ0) is 18.4.